The zero-order valence-electron chi connectivity index (χ0n) is 10.9. The Kier molecular flexibility index (Phi) is 4.64. The van der Waals surface area contributed by atoms with Crippen LogP contribution in [0.5, 0.6) is 0 Å². The van der Waals surface area contributed by atoms with Crippen molar-refractivity contribution < 1.29 is 19.8 Å². The summed E-state index contributed by atoms with van der Waals surface area (Å²) >= 11 is 0. The van der Waals surface area contributed by atoms with Crippen molar-refractivity contribution in [3.05, 3.63) is 11.3 Å². The van der Waals surface area contributed by atoms with E-state index in [-0.39, 0.29) is 5.57 Å². The van der Waals surface area contributed by atoms with Gasteiger partial charge in [0.2, 0.25) is 0 Å². The third kappa shape index (κ3) is 2.78. The van der Waals surface area contributed by atoms with Crippen LogP contribution in [0.15, 0.2) is 16.3 Å². The SMILES string of the molecule is CCCCC1C(C(=O)O)=C(C)N=C(C)C1C(=O)O. The second-order valence-electron chi connectivity index (χ2n) is 4.62. The smallest absolute Gasteiger partial charge is 0.333 e. The van der Waals surface area contributed by atoms with Gasteiger partial charge in [-0.1, -0.05) is 19.8 Å². The van der Waals surface area contributed by atoms with Crippen molar-refractivity contribution in [2.45, 2.75) is 40.0 Å². The van der Waals surface area contributed by atoms with E-state index in [0.29, 0.717) is 17.8 Å². The molecule has 0 aromatic carbocycles. The van der Waals surface area contributed by atoms with Crippen molar-refractivity contribution in [3.63, 3.8) is 0 Å². The highest BCUT2D eigenvalue weighted by atomic mass is 16.4. The predicted molar refractivity (Wildman–Crippen MR) is 67.6 cm³/mol. The standard InChI is InChI=1S/C13H19NO4/c1-4-5-6-9-10(12(15)16)7(2)14-8(3)11(9)13(17)18/h9-10H,4-6H2,1-3H3,(H,15,16)(H,17,18). The van der Waals surface area contributed by atoms with Gasteiger partial charge in [0.1, 0.15) is 5.92 Å². The monoisotopic (exact) mass is 253 g/mol. The van der Waals surface area contributed by atoms with Crippen molar-refractivity contribution in [3.8, 4) is 0 Å². The molecule has 2 atom stereocenters. The number of nitrogens with zero attached hydrogens (tertiary/aromatic N) is 1. The minimum Gasteiger partial charge on any atom is -0.481 e. The van der Waals surface area contributed by atoms with E-state index in [2.05, 4.69) is 4.99 Å². The lowest BCUT2D eigenvalue weighted by Crippen LogP contribution is -2.36. The number of rotatable bonds is 5. The van der Waals surface area contributed by atoms with E-state index in [1.54, 1.807) is 13.8 Å². The molecule has 5 heteroatoms. The molecule has 18 heavy (non-hydrogen) atoms. The van der Waals surface area contributed by atoms with Crippen molar-refractivity contribution in [1.82, 2.24) is 0 Å². The Balaban J connectivity index is 3.20. The maximum absolute atomic E-state index is 11.3. The minimum absolute atomic E-state index is 0.154. The molecule has 0 aromatic heterocycles. The third-order valence-electron chi connectivity index (χ3n) is 3.32. The van der Waals surface area contributed by atoms with Crippen LogP contribution in [0.4, 0.5) is 0 Å². The van der Waals surface area contributed by atoms with Gasteiger partial charge in [0.05, 0.1) is 5.57 Å². The second kappa shape index (κ2) is 5.80. The number of carboxylic acids is 2. The fourth-order valence-electron chi connectivity index (χ4n) is 2.52. The van der Waals surface area contributed by atoms with Crippen LogP contribution in [0.1, 0.15) is 40.0 Å². The van der Waals surface area contributed by atoms with Crippen LogP contribution < -0.4 is 0 Å². The first kappa shape index (κ1) is 14.4. The number of carboxylic acid groups (broad SMARTS) is 2. The largest absolute Gasteiger partial charge is 0.481 e. The molecule has 0 spiro atoms. The Labute approximate surface area is 106 Å². The van der Waals surface area contributed by atoms with E-state index in [4.69, 9.17) is 0 Å². The Morgan fingerprint density at radius 3 is 2.33 bits per heavy atom. The molecular formula is C13H19NO4. The van der Waals surface area contributed by atoms with Crippen molar-refractivity contribution in [2.75, 3.05) is 0 Å². The first-order chi connectivity index (χ1) is 8.40. The molecule has 0 saturated heterocycles. The zero-order chi connectivity index (χ0) is 13.9. The maximum atomic E-state index is 11.3. The molecule has 0 fully saturated rings. The lowest BCUT2D eigenvalue weighted by Gasteiger charge is -2.29. The van der Waals surface area contributed by atoms with Crippen molar-refractivity contribution >= 4 is 17.7 Å². The van der Waals surface area contributed by atoms with Gasteiger partial charge in [-0.05, 0) is 20.3 Å². The summed E-state index contributed by atoms with van der Waals surface area (Å²) in [4.78, 5) is 26.7. The number of aliphatic carboxylic acids is 2. The lowest BCUT2D eigenvalue weighted by molar-refractivity contribution is -0.141. The number of unbranched alkanes of at least 4 members (excludes halogenated alkanes) is 1. The van der Waals surface area contributed by atoms with Gasteiger partial charge >= 0.3 is 11.9 Å². The van der Waals surface area contributed by atoms with Crippen LogP contribution >= 0.6 is 0 Å². The molecule has 1 aliphatic heterocycles. The molecule has 2 unspecified atom stereocenters. The quantitative estimate of drug-likeness (QED) is 0.787. The number of carbonyl (C=O) groups is 2. The maximum Gasteiger partial charge on any atom is 0.333 e. The molecule has 100 valence electrons. The molecule has 2 N–H and O–H groups in total. The molecule has 0 aliphatic carbocycles. The van der Waals surface area contributed by atoms with E-state index in [9.17, 15) is 19.8 Å². The second-order valence-corrected chi connectivity index (χ2v) is 4.62. The Hall–Kier alpha value is -1.65. The first-order valence-corrected chi connectivity index (χ1v) is 6.12. The number of allylic oxidation sites excluding steroid dienone is 1. The van der Waals surface area contributed by atoms with Gasteiger partial charge in [-0.3, -0.25) is 9.79 Å². The Morgan fingerprint density at radius 2 is 1.89 bits per heavy atom. The summed E-state index contributed by atoms with van der Waals surface area (Å²) in [6, 6.07) is 0. The van der Waals surface area contributed by atoms with Gasteiger partial charge in [-0.2, -0.15) is 0 Å². The molecule has 0 bridgehead atoms. The Bertz CT molecular complexity index is 423. The fraction of sp³-hybridized carbons (Fsp3) is 0.615. The minimum atomic E-state index is -1.06. The molecular weight excluding hydrogens is 234 g/mol. The van der Waals surface area contributed by atoms with Crippen LogP contribution in [0.2, 0.25) is 0 Å². The van der Waals surface area contributed by atoms with Gasteiger partial charge in [0.25, 0.3) is 0 Å². The summed E-state index contributed by atoms with van der Waals surface area (Å²) < 4.78 is 0. The molecule has 1 heterocycles. The highest BCUT2D eigenvalue weighted by Crippen LogP contribution is 2.34. The van der Waals surface area contributed by atoms with Gasteiger partial charge < -0.3 is 10.2 Å². The van der Waals surface area contributed by atoms with E-state index in [1.807, 2.05) is 6.92 Å². The third-order valence-corrected chi connectivity index (χ3v) is 3.32. The van der Waals surface area contributed by atoms with E-state index in [1.165, 1.54) is 0 Å². The van der Waals surface area contributed by atoms with Crippen molar-refractivity contribution in [1.29, 1.82) is 0 Å². The van der Waals surface area contributed by atoms with Crippen LogP contribution in [0, 0.1) is 11.8 Å². The zero-order valence-corrected chi connectivity index (χ0v) is 10.9. The van der Waals surface area contributed by atoms with Crippen LogP contribution in [-0.4, -0.2) is 27.9 Å². The number of aliphatic imine (C=N–C) groups is 1. The van der Waals surface area contributed by atoms with E-state index in [0.717, 1.165) is 12.8 Å². The topological polar surface area (TPSA) is 87.0 Å². The Morgan fingerprint density at radius 1 is 1.28 bits per heavy atom. The van der Waals surface area contributed by atoms with Gasteiger partial charge in [0, 0.05) is 17.3 Å². The molecule has 0 saturated carbocycles. The summed E-state index contributed by atoms with van der Waals surface area (Å²) in [6.45, 7) is 5.28. The van der Waals surface area contributed by atoms with Crippen LogP contribution in [0.25, 0.3) is 0 Å². The molecule has 1 aliphatic rings. The molecule has 1 rings (SSSR count). The van der Waals surface area contributed by atoms with Gasteiger partial charge in [-0.15, -0.1) is 0 Å². The first-order valence-electron chi connectivity index (χ1n) is 6.12. The van der Waals surface area contributed by atoms with Crippen LogP contribution in [-0.2, 0) is 9.59 Å². The summed E-state index contributed by atoms with van der Waals surface area (Å²) in [6.07, 6.45) is 2.29. The molecule has 0 amide bonds. The van der Waals surface area contributed by atoms with E-state index >= 15 is 0 Å². The summed E-state index contributed by atoms with van der Waals surface area (Å²) in [7, 11) is 0. The molecule has 0 aromatic rings. The van der Waals surface area contributed by atoms with Gasteiger partial charge in [0.15, 0.2) is 0 Å². The lowest BCUT2D eigenvalue weighted by atomic mass is 9.77. The highest BCUT2D eigenvalue weighted by molar-refractivity contribution is 6.04. The molecule has 0 radical (unpaired) electrons. The van der Waals surface area contributed by atoms with Gasteiger partial charge in [-0.25, -0.2) is 4.79 Å². The summed E-state index contributed by atoms with van der Waals surface area (Å²) in [5.74, 6) is -3.34. The van der Waals surface area contributed by atoms with Crippen molar-refractivity contribution in [2.24, 2.45) is 16.8 Å². The molecule has 5 nitrogen and oxygen atoms in total. The van der Waals surface area contributed by atoms with E-state index < -0.39 is 23.8 Å². The average molecular weight is 253 g/mol. The number of hydrogen-bond donors (Lipinski definition) is 2. The predicted octanol–water partition coefficient (Wildman–Crippen LogP) is 2.33. The summed E-state index contributed by atoms with van der Waals surface area (Å²) in [5, 5.41) is 18.5. The normalized spacial score (nSPS) is 23.8. The fourth-order valence-corrected chi connectivity index (χ4v) is 2.52. The average Bonchev–Trinajstić information content (AvgIpc) is 2.23. The highest BCUT2D eigenvalue weighted by Gasteiger charge is 2.39. The summed E-state index contributed by atoms with van der Waals surface area (Å²) in [5.41, 5.74) is 1.08. The number of hydrogen-bond acceptors (Lipinski definition) is 3. The van der Waals surface area contributed by atoms with Crippen LogP contribution in [0.3, 0.4) is 0 Å².